The lowest BCUT2D eigenvalue weighted by Gasteiger charge is -2.37. The Morgan fingerprint density at radius 2 is 0.483 bits per heavy atom. The first-order valence-corrected chi connectivity index (χ1v) is 16.7. The van der Waals surface area contributed by atoms with Crippen LogP contribution < -0.4 is 0 Å². The lowest BCUT2D eigenvalue weighted by atomic mass is 10.9. The van der Waals surface area contributed by atoms with E-state index in [0.717, 1.165) is 0 Å². The molecule has 0 bridgehead atoms. The van der Waals surface area contributed by atoms with Crippen LogP contribution in [0.25, 0.3) is 0 Å². The standard InChI is InChI=1S/C14H38O11Si4/c1-15-26(16-2,17-3)11-13-28(21-7,22-8)25-29(23-9,24-10)14-12-27(18-4,19-5)20-6/h11-14H2,1-10H3. The Bertz CT molecular complexity index is 375. The van der Waals surface area contributed by atoms with Gasteiger partial charge in [-0.1, -0.05) is 0 Å². The Kier molecular flexibility index (Phi) is 14.0. The highest BCUT2D eigenvalue weighted by molar-refractivity contribution is 6.77. The van der Waals surface area contributed by atoms with Gasteiger partial charge in [-0.15, -0.1) is 0 Å². The van der Waals surface area contributed by atoms with Gasteiger partial charge in [0.25, 0.3) is 0 Å². The average molecular weight is 495 g/mol. The molecule has 0 fully saturated rings. The normalized spacial score (nSPS) is 13.9. The molecule has 0 N–H and O–H groups in total. The van der Waals surface area contributed by atoms with Gasteiger partial charge in [0.05, 0.1) is 0 Å². The summed E-state index contributed by atoms with van der Waals surface area (Å²) in [5.41, 5.74) is 0. The number of rotatable bonds is 18. The first-order valence-electron chi connectivity index (χ1n) is 8.95. The van der Waals surface area contributed by atoms with Gasteiger partial charge in [0.2, 0.25) is 0 Å². The summed E-state index contributed by atoms with van der Waals surface area (Å²) in [5, 5.41) is 0. The molecular formula is C14H38O11Si4. The largest absolute Gasteiger partial charge is 0.500 e. The summed E-state index contributed by atoms with van der Waals surface area (Å²) < 4.78 is 62.3. The third-order valence-corrected chi connectivity index (χ3v) is 18.1. The third kappa shape index (κ3) is 7.81. The maximum Gasteiger partial charge on any atom is 0.500 e. The smallest absolute Gasteiger partial charge is 0.377 e. The minimum Gasteiger partial charge on any atom is -0.377 e. The predicted octanol–water partition coefficient (Wildman–Crippen LogP) is 1.22. The summed E-state index contributed by atoms with van der Waals surface area (Å²) in [5.74, 6) is 0. The van der Waals surface area contributed by atoms with Gasteiger partial charge in [-0.25, -0.2) is 0 Å². The molecule has 0 saturated carbocycles. The fourth-order valence-electron chi connectivity index (χ4n) is 2.81. The van der Waals surface area contributed by atoms with Crippen LogP contribution in [-0.4, -0.2) is 106 Å². The van der Waals surface area contributed by atoms with Crippen molar-refractivity contribution >= 4 is 35.2 Å². The topological polar surface area (TPSA) is 102 Å². The van der Waals surface area contributed by atoms with Crippen molar-refractivity contribution in [2.75, 3.05) is 71.1 Å². The quantitative estimate of drug-likeness (QED) is 0.257. The Balaban J connectivity index is 5.57. The lowest BCUT2D eigenvalue weighted by Crippen LogP contribution is -2.59. The fraction of sp³-hybridized carbons (Fsp3) is 1.00. The van der Waals surface area contributed by atoms with Gasteiger partial charge in [-0.3, -0.25) is 0 Å². The molecule has 0 rings (SSSR count). The monoisotopic (exact) mass is 494 g/mol. The van der Waals surface area contributed by atoms with Crippen molar-refractivity contribution in [3.8, 4) is 0 Å². The van der Waals surface area contributed by atoms with Gasteiger partial charge in [0.1, 0.15) is 0 Å². The van der Waals surface area contributed by atoms with Crippen molar-refractivity contribution in [1.82, 2.24) is 0 Å². The van der Waals surface area contributed by atoms with E-state index in [1.165, 1.54) is 28.4 Å². The van der Waals surface area contributed by atoms with Crippen LogP contribution in [0.1, 0.15) is 0 Å². The zero-order valence-electron chi connectivity index (χ0n) is 19.3. The van der Waals surface area contributed by atoms with Crippen LogP contribution in [0.5, 0.6) is 0 Å². The molecule has 0 aliphatic heterocycles. The minimum absolute atomic E-state index is 0.393. The first kappa shape index (κ1) is 29.4. The number of hydrogen-bond acceptors (Lipinski definition) is 11. The molecule has 0 radical (unpaired) electrons. The van der Waals surface area contributed by atoms with E-state index >= 15 is 0 Å². The van der Waals surface area contributed by atoms with Crippen LogP contribution in [0.15, 0.2) is 0 Å². The average Bonchev–Trinajstić information content (AvgIpc) is 2.79. The molecule has 0 aliphatic carbocycles. The van der Waals surface area contributed by atoms with Crippen LogP contribution in [0.3, 0.4) is 0 Å². The number of hydrogen-bond donors (Lipinski definition) is 0. The van der Waals surface area contributed by atoms with Crippen molar-refractivity contribution in [1.29, 1.82) is 0 Å². The molecule has 15 heteroatoms. The van der Waals surface area contributed by atoms with E-state index in [9.17, 15) is 0 Å². The molecule has 0 aromatic carbocycles. The molecule has 0 aromatic rings. The van der Waals surface area contributed by atoms with Gasteiger partial charge >= 0.3 is 35.2 Å². The van der Waals surface area contributed by atoms with Crippen LogP contribution in [0.2, 0.25) is 24.2 Å². The second-order valence-corrected chi connectivity index (χ2v) is 18.2. The van der Waals surface area contributed by atoms with E-state index in [4.69, 9.17) is 48.4 Å². The van der Waals surface area contributed by atoms with E-state index in [1.807, 2.05) is 0 Å². The van der Waals surface area contributed by atoms with Crippen molar-refractivity contribution < 1.29 is 48.4 Å². The van der Waals surface area contributed by atoms with Gasteiger partial charge < -0.3 is 48.4 Å². The molecule has 0 heterocycles. The maximum atomic E-state index is 6.38. The Labute approximate surface area is 179 Å². The second kappa shape index (κ2) is 13.8. The summed E-state index contributed by atoms with van der Waals surface area (Å²) >= 11 is 0. The van der Waals surface area contributed by atoms with E-state index in [1.54, 1.807) is 42.7 Å². The van der Waals surface area contributed by atoms with E-state index in [-0.39, 0.29) is 0 Å². The lowest BCUT2D eigenvalue weighted by molar-refractivity contribution is 0.0814. The van der Waals surface area contributed by atoms with E-state index in [0.29, 0.717) is 24.2 Å². The summed E-state index contributed by atoms with van der Waals surface area (Å²) in [6, 6.07) is 1.67. The van der Waals surface area contributed by atoms with Gasteiger partial charge in [0, 0.05) is 95.3 Å². The SMILES string of the molecule is CO[Si](CC[Si](OC)(OC)O[Si](CC[Si](OC)(OC)OC)(OC)OC)(OC)OC. The first-order chi connectivity index (χ1) is 13.7. The van der Waals surface area contributed by atoms with Crippen LogP contribution in [-0.2, 0) is 48.4 Å². The zero-order valence-corrected chi connectivity index (χ0v) is 23.3. The van der Waals surface area contributed by atoms with Crippen molar-refractivity contribution in [3.05, 3.63) is 0 Å². The summed E-state index contributed by atoms with van der Waals surface area (Å²) in [7, 11) is 3.35. The zero-order chi connectivity index (χ0) is 22.6. The molecule has 0 unspecified atom stereocenters. The molecule has 176 valence electrons. The van der Waals surface area contributed by atoms with Crippen LogP contribution >= 0.6 is 0 Å². The van der Waals surface area contributed by atoms with Crippen molar-refractivity contribution in [2.45, 2.75) is 24.2 Å². The van der Waals surface area contributed by atoms with Crippen molar-refractivity contribution in [3.63, 3.8) is 0 Å². The van der Waals surface area contributed by atoms with E-state index in [2.05, 4.69) is 0 Å². The Hall–Kier alpha value is 0.428. The molecule has 0 saturated heterocycles. The summed E-state index contributed by atoms with van der Waals surface area (Å²) in [6.45, 7) is 0. The van der Waals surface area contributed by atoms with Crippen LogP contribution in [0.4, 0.5) is 0 Å². The predicted molar refractivity (Wildman–Crippen MR) is 113 cm³/mol. The second-order valence-electron chi connectivity index (χ2n) is 5.88. The van der Waals surface area contributed by atoms with Crippen molar-refractivity contribution in [2.24, 2.45) is 0 Å². The van der Waals surface area contributed by atoms with Gasteiger partial charge in [-0.05, 0) is 0 Å². The highest BCUT2D eigenvalue weighted by Gasteiger charge is 2.55. The molecule has 0 spiro atoms. The Morgan fingerprint density at radius 1 is 0.310 bits per heavy atom. The summed E-state index contributed by atoms with van der Waals surface area (Å²) in [4.78, 5) is 0. The minimum atomic E-state index is -3.21. The molecule has 0 aliphatic rings. The Morgan fingerprint density at radius 3 is 0.655 bits per heavy atom. The van der Waals surface area contributed by atoms with Crippen LogP contribution in [0, 0.1) is 0 Å². The molecular weight excluding hydrogens is 456 g/mol. The summed E-state index contributed by atoms with van der Waals surface area (Å²) in [6.07, 6.45) is 0. The molecule has 0 atom stereocenters. The highest BCUT2D eigenvalue weighted by Crippen LogP contribution is 2.31. The molecule has 0 amide bonds. The fourth-order valence-corrected chi connectivity index (χ4v) is 15.1. The maximum absolute atomic E-state index is 6.38. The molecule has 29 heavy (non-hydrogen) atoms. The third-order valence-electron chi connectivity index (χ3n) is 4.90. The molecule has 11 nitrogen and oxygen atoms in total. The van der Waals surface area contributed by atoms with E-state index < -0.39 is 35.2 Å². The van der Waals surface area contributed by atoms with Gasteiger partial charge in [-0.2, -0.15) is 0 Å². The highest BCUT2D eigenvalue weighted by atomic mass is 28.5. The van der Waals surface area contributed by atoms with Gasteiger partial charge in [0.15, 0.2) is 0 Å². The molecule has 0 aromatic heterocycles.